The monoisotopic (exact) mass is 421 g/mol. The standard InChI is InChI=1S/C22H35N3O3S/c1-3-19(2)20-8-10-21(11-9-20)29(27,28)25-16-14-23(15-17-25)18-22(26)24-12-6-4-5-7-13-24/h8-11,19H,3-7,12-18H2,1-2H3. The van der Waals surface area contributed by atoms with E-state index in [9.17, 15) is 13.2 Å². The van der Waals surface area contributed by atoms with E-state index < -0.39 is 10.0 Å². The number of piperazine rings is 1. The topological polar surface area (TPSA) is 60.9 Å². The van der Waals surface area contributed by atoms with Crippen molar-refractivity contribution in [1.29, 1.82) is 0 Å². The zero-order chi connectivity index (χ0) is 20.9. The Kier molecular flexibility index (Phi) is 7.71. The van der Waals surface area contributed by atoms with E-state index in [1.807, 2.05) is 17.0 Å². The number of rotatable bonds is 6. The summed E-state index contributed by atoms with van der Waals surface area (Å²) in [6, 6.07) is 7.31. The normalized spacial score (nSPS) is 21.0. The van der Waals surface area contributed by atoms with E-state index in [1.165, 1.54) is 18.4 Å². The smallest absolute Gasteiger partial charge is 0.243 e. The summed E-state index contributed by atoms with van der Waals surface area (Å²) in [5.74, 6) is 0.612. The van der Waals surface area contributed by atoms with Gasteiger partial charge in [-0.15, -0.1) is 0 Å². The molecule has 2 fully saturated rings. The van der Waals surface area contributed by atoms with Gasteiger partial charge in [-0.05, 0) is 42.9 Å². The Bertz CT molecular complexity index is 763. The third kappa shape index (κ3) is 5.58. The quantitative estimate of drug-likeness (QED) is 0.709. The largest absolute Gasteiger partial charge is 0.342 e. The van der Waals surface area contributed by atoms with E-state index in [0.717, 1.165) is 32.4 Å². The summed E-state index contributed by atoms with van der Waals surface area (Å²) < 4.78 is 27.5. The van der Waals surface area contributed by atoms with Crippen LogP contribution in [0.3, 0.4) is 0 Å². The molecule has 162 valence electrons. The first-order valence-electron chi connectivity index (χ1n) is 11.0. The van der Waals surface area contributed by atoms with Crippen molar-refractivity contribution in [2.75, 3.05) is 45.8 Å². The second-order valence-electron chi connectivity index (χ2n) is 8.35. The molecule has 1 aromatic carbocycles. The molecule has 29 heavy (non-hydrogen) atoms. The van der Waals surface area contributed by atoms with Gasteiger partial charge in [0.15, 0.2) is 0 Å². The number of likely N-dealkylation sites (tertiary alicyclic amines) is 1. The molecule has 2 aliphatic heterocycles. The van der Waals surface area contributed by atoms with Crippen LogP contribution >= 0.6 is 0 Å². The molecule has 7 heteroatoms. The Labute approximate surface area is 175 Å². The molecule has 2 aliphatic rings. The van der Waals surface area contributed by atoms with Gasteiger partial charge in [0, 0.05) is 39.3 Å². The van der Waals surface area contributed by atoms with E-state index in [-0.39, 0.29) is 5.91 Å². The summed E-state index contributed by atoms with van der Waals surface area (Å²) in [6.07, 6.45) is 5.63. The van der Waals surface area contributed by atoms with Crippen molar-refractivity contribution in [1.82, 2.24) is 14.1 Å². The fraction of sp³-hybridized carbons (Fsp3) is 0.682. The molecular formula is C22H35N3O3S. The van der Waals surface area contributed by atoms with Crippen molar-refractivity contribution in [3.63, 3.8) is 0 Å². The average Bonchev–Trinajstić information content (AvgIpc) is 3.03. The molecule has 0 radical (unpaired) electrons. The Balaban J connectivity index is 1.54. The highest BCUT2D eigenvalue weighted by Crippen LogP contribution is 2.23. The van der Waals surface area contributed by atoms with Crippen LogP contribution in [0.25, 0.3) is 0 Å². The number of benzene rings is 1. The summed E-state index contributed by atoms with van der Waals surface area (Å²) in [5.41, 5.74) is 1.17. The molecule has 2 heterocycles. The highest BCUT2D eigenvalue weighted by atomic mass is 32.2. The van der Waals surface area contributed by atoms with Gasteiger partial charge in [-0.1, -0.05) is 38.8 Å². The first-order chi connectivity index (χ1) is 13.9. The number of amides is 1. The zero-order valence-corrected chi connectivity index (χ0v) is 18.7. The van der Waals surface area contributed by atoms with Crippen LogP contribution in [0.4, 0.5) is 0 Å². The van der Waals surface area contributed by atoms with Gasteiger partial charge >= 0.3 is 0 Å². The van der Waals surface area contributed by atoms with Gasteiger partial charge in [0.2, 0.25) is 15.9 Å². The summed E-state index contributed by atoms with van der Waals surface area (Å²) in [5, 5.41) is 0. The lowest BCUT2D eigenvalue weighted by Gasteiger charge is -2.34. The summed E-state index contributed by atoms with van der Waals surface area (Å²) in [4.78, 5) is 17.0. The lowest BCUT2D eigenvalue weighted by molar-refractivity contribution is -0.132. The number of sulfonamides is 1. The molecule has 2 saturated heterocycles. The molecule has 1 atom stereocenters. The molecular weight excluding hydrogens is 386 g/mol. The summed E-state index contributed by atoms with van der Waals surface area (Å²) in [7, 11) is -3.48. The minimum Gasteiger partial charge on any atom is -0.342 e. The van der Waals surface area contributed by atoms with Crippen LogP contribution in [-0.2, 0) is 14.8 Å². The van der Waals surface area contributed by atoms with E-state index >= 15 is 0 Å². The van der Waals surface area contributed by atoms with Crippen molar-refractivity contribution >= 4 is 15.9 Å². The highest BCUT2D eigenvalue weighted by molar-refractivity contribution is 7.89. The molecule has 0 bridgehead atoms. The second kappa shape index (κ2) is 10.0. The van der Waals surface area contributed by atoms with Crippen molar-refractivity contribution in [3.8, 4) is 0 Å². The van der Waals surface area contributed by atoms with Crippen LogP contribution in [0.15, 0.2) is 29.2 Å². The van der Waals surface area contributed by atoms with Gasteiger partial charge in [0.25, 0.3) is 0 Å². The first kappa shape index (κ1) is 22.2. The average molecular weight is 422 g/mol. The maximum Gasteiger partial charge on any atom is 0.243 e. The van der Waals surface area contributed by atoms with Crippen LogP contribution in [0.2, 0.25) is 0 Å². The third-order valence-corrected chi connectivity index (χ3v) is 8.26. The highest BCUT2D eigenvalue weighted by Gasteiger charge is 2.29. The van der Waals surface area contributed by atoms with Crippen LogP contribution in [0.1, 0.15) is 57.4 Å². The maximum atomic E-state index is 13.0. The van der Waals surface area contributed by atoms with E-state index in [4.69, 9.17) is 0 Å². The molecule has 1 unspecified atom stereocenters. The fourth-order valence-electron chi connectivity index (χ4n) is 4.09. The molecule has 0 N–H and O–H groups in total. The molecule has 0 aliphatic carbocycles. The predicted molar refractivity (Wildman–Crippen MR) is 115 cm³/mol. The minimum absolute atomic E-state index is 0.184. The van der Waals surface area contributed by atoms with Gasteiger partial charge in [-0.3, -0.25) is 9.69 Å². The number of hydrogen-bond acceptors (Lipinski definition) is 4. The molecule has 6 nitrogen and oxygen atoms in total. The second-order valence-corrected chi connectivity index (χ2v) is 10.3. The molecule has 0 aromatic heterocycles. The van der Waals surface area contributed by atoms with Gasteiger partial charge in [-0.2, -0.15) is 4.31 Å². The third-order valence-electron chi connectivity index (χ3n) is 6.35. The van der Waals surface area contributed by atoms with E-state index in [1.54, 1.807) is 16.4 Å². The lowest BCUT2D eigenvalue weighted by Crippen LogP contribution is -2.51. The summed E-state index contributed by atoms with van der Waals surface area (Å²) in [6.45, 7) is 8.47. The molecule has 3 rings (SSSR count). The molecule has 1 aromatic rings. The molecule has 0 spiro atoms. The van der Waals surface area contributed by atoms with Gasteiger partial charge in [0.1, 0.15) is 0 Å². The fourth-order valence-corrected chi connectivity index (χ4v) is 5.51. The zero-order valence-electron chi connectivity index (χ0n) is 17.8. The number of nitrogens with zero attached hydrogens (tertiary/aromatic N) is 3. The first-order valence-corrected chi connectivity index (χ1v) is 12.5. The van der Waals surface area contributed by atoms with Gasteiger partial charge in [0.05, 0.1) is 11.4 Å². The van der Waals surface area contributed by atoms with E-state index in [2.05, 4.69) is 18.7 Å². The molecule has 0 saturated carbocycles. The van der Waals surface area contributed by atoms with Crippen LogP contribution < -0.4 is 0 Å². The van der Waals surface area contributed by atoms with Crippen molar-refractivity contribution in [3.05, 3.63) is 29.8 Å². The van der Waals surface area contributed by atoms with Crippen molar-refractivity contribution < 1.29 is 13.2 Å². The number of carbonyl (C=O) groups is 1. The number of hydrogen-bond donors (Lipinski definition) is 0. The molecule has 1 amide bonds. The summed E-state index contributed by atoms with van der Waals surface area (Å²) >= 11 is 0. The Morgan fingerprint density at radius 1 is 0.931 bits per heavy atom. The SMILES string of the molecule is CCC(C)c1ccc(S(=O)(=O)N2CCN(CC(=O)N3CCCCCC3)CC2)cc1. The lowest BCUT2D eigenvalue weighted by atomic mass is 9.99. The van der Waals surface area contributed by atoms with Gasteiger partial charge < -0.3 is 4.90 Å². The Morgan fingerprint density at radius 3 is 2.07 bits per heavy atom. The maximum absolute atomic E-state index is 13.0. The Hall–Kier alpha value is -1.44. The van der Waals surface area contributed by atoms with Crippen molar-refractivity contribution in [2.45, 2.75) is 56.8 Å². The van der Waals surface area contributed by atoms with Crippen LogP contribution in [0.5, 0.6) is 0 Å². The number of carbonyl (C=O) groups excluding carboxylic acids is 1. The minimum atomic E-state index is -3.48. The van der Waals surface area contributed by atoms with Crippen molar-refractivity contribution in [2.24, 2.45) is 0 Å². The van der Waals surface area contributed by atoms with Crippen LogP contribution in [0, 0.1) is 0 Å². The predicted octanol–water partition coefficient (Wildman–Crippen LogP) is 2.91. The van der Waals surface area contributed by atoms with E-state index in [0.29, 0.717) is 43.5 Å². The van der Waals surface area contributed by atoms with Crippen LogP contribution in [-0.4, -0.2) is 74.2 Å². The Morgan fingerprint density at radius 2 is 1.52 bits per heavy atom. The van der Waals surface area contributed by atoms with Gasteiger partial charge in [-0.25, -0.2) is 8.42 Å².